The molecule has 0 bridgehead atoms. The summed E-state index contributed by atoms with van der Waals surface area (Å²) in [6.45, 7) is 5.27. The van der Waals surface area contributed by atoms with Crippen LogP contribution in [-0.2, 0) is 4.74 Å². The van der Waals surface area contributed by atoms with Gasteiger partial charge in [-0.3, -0.25) is 5.32 Å². The summed E-state index contributed by atoms with van der Waals surface area (Å²) in [6.07, 6.45) is -0.591. The maximum absolute atomic E-state index is 13.7. The molecule has 0 radical (unpaired) electrons. The lowest BCUT2D eigenvalue weighted by molar-refractivity contribution is 0.0634. The van der Waals surface area contributed by atoms with Crippen molar-refractivity contribution in [3.8, 4) is 11.1 Å². The van der Waals surface area contributed by atoms with Crippen LogP contribution in [0.25, 0.3) is 11.1 Å². The number of anilines is 1. The van der Waals surface area contributed by atoms with Gasteiger partial charge in [0.1, 0.15) is 17.0 Å². The summed E-state index contributed by atoms with van der Waals surface area (Å²) in [5.41, 5.74) is 0.293. The molecule has 0 aliphatic heterocycles. The summed E-state index contributed by atoms with van der Waals surface area (Å²) in [5.74, 6) is -2.13. The second kappa shape index (κ2) is 6.70. The molecule has 0 aliphatic carbocycles. The topological polar surface area (TPSA) is 75.6 Å². The number of benzene rings is 2. The molecule has 2 N–H and O–H groups in total. The molecule has 0 heterocycles. The first-order valence-electron chi connectivity index (χ1n) is 7.29. The average Bonchev–Trinajstić information content (AvgIpc) is 2.45. The number of carboxylic acid groups (broad SMARTS) is 1. The summed E-state index contributed by atoms with van der Waals surface area (Å²) in [6, 6.07) is 10.5. The zero-order valence-corrected chi connectivity index (χ0v) is 13.6. The zero-order chi connectivity index (χ0) is 17.9. The lowest BCUT2D eigenvalue weighted by Gasteiger charge is -2.19. The first kappa shape index (κ1) is 17.5. The van der Waals surface area contributed by atoms with Gasteiger partial charge in [-0.2, -0.15) is 0 Å². The van der Waals surface area contributed by atoms with Gasteiger partial charge in [0.2, 0.25) is 0 Å². The van der Waals surface area contributed by atoms with Crippen molar-refractivity contribution in [2.45, 2.75) is 26.4 Å². The molecule has 0 saturated heterocycles. The van der Waals surface area contributed by atoms with Crippen molar-refractivity contribution in [1.29, 1.82) is 0 Å². The Balaban J connectivity index is 2.23. The number of carbonyl (C=O) groups is 2. The van der Waals surface area contributed by atoms with E-state index in [0.29, 0.717) is 11.3 Å². The minimum absolute atomic E-state index is 0.270. The highest BCUT2D eigenvalue weighted by Crippen LogP contribution is 2.27. The van der Waals surface area contributed by atoms with Gasteiger partial charge in [0, 0.05) is 5.69 Å². The highest BCUT2D eigenvalue weighted by Gasteiger charge is 2.18. The van der Waals surface area contributed by atoms with Crippen molar-refractivity contribution in [3.05, 3.63) is 53.8 Å². The van der Waals surface area contributed by atoms with Crippen molar-refractivity contribution in [1.82, 2.24) is 0 Å². The first-order valence-corrected chi connectivity index (χ1v) is 7.29. The normalized spacial score (nSPS) is 11.0. The Kier molecular flexibility index (Phi) is 4.87. The van der Waals surface area contributed by atoms with E-state index < -0.39 is 23.5 Å². The number of ether oxygens (including phenoxy) is 1. The molecular formula is C18H18FNO4. The van der Waals surface area contributed by atoms with Crippen molar-refractivity contribution in [2.24, 2.45) is 0 Å². The largest absolute Gasteiger partial charge is 0.478 e. The van der Waals surface area contributed by atoms with Gasteiger partial charge >= 0.3 is 12.1 Å². The van der Waals surface area contributed by atoms with Crippen LogP contribution in [0, 0.1) is 5.82 Å². The van der Waals surface area contributed by atoms with Gasteiger partial charge in [-0.25, -0.2) is 14.0 Å². The number of carboxylic acids is 1. The van der Waals surface area contributed by atoms with Gasteiger partial charge in [0.25, 0.3) is 0 Å². The third-order valence-electron chi connectivity index (χ3n) is 3.07. The zero-order valence-electron chi connectivity index (χ0n) is 13.6. The van der Waals surface area contributed by atoms with Gasteiger partial charge in [0.15, 0.2) is 0 Å². The van der Waals surface area contributed by atoms with E-state index in [1.54, 1.807) is 45.0 Å². The van der Waals surface area contributed by atoms with Crippen LogP contribution < -0.4 is 5.32 Å². The summed E-state index contributed by atoms with van der Waals surface area (Å²) in [5, 5.41) is 11.8. The fourth-order valence-corrected chi connectivity index (χ4v) is 2.14. The van der Waals surface area contributed by atoms with Crippen molar-refractivity contribution in [3.63, 3.8) is 0 Å². The Morgan fingerprint density at radius 1 is 1.08 bits per heavy atom. The van der Waals surface area contributed by atoms with E-state index in [4.69, 9.17) is 4.74 Å². The van der Waals surface area contributed by atoms with Crippen LogP contribution in [0.1, 0.15) is 31.1 Å². The molecule has 2 aromatic carbocycles. The minimum Gasteiger partial charge on any atom is -0.478 e. The highest BCUT2D eigenvalue weighted by atomic mass is 19.1. The molecule has 0 aliphatic rings. The molecule has 0 saturated carbocycles. The number of hydrogen-bond acceptors (Lipinski definition) is 3. The number of carbonyl (C=O) groups excluding carboxylic acids is 1. The van der Waals surface area contributed by atoms with Gasteiger partial charge < -0.3 is 9.84 Å². The molecule has 0 fully saturated rings. The molecule has 126 valence electrons. The van der Waals surface area contributed by atoms with Crippen LogP contribution in [0.2, 0.25) is 0 Å². The van der Waals surface area contributed by atoms with Gasteiger partial charge in [0.05, 0.1) is 0 Å². The van der Waals surface area contributed by atoms with Crippen molar-refractivity contribution < 1.29 is 23.8 Å². The third kappa shape index (κ3) is 4.32. The van der Waals surface area contributed by atoms with E-state index in [2.05, 4.69) is 5.32 Å². The smallest absolute Gasteiger partial charge is 0.412 e. The Morgan fingerprint density at radius 2 is 1.71 bits per heavy atom. The van der Waals surface area contributed by atoms with E-state index in [9.17, 15) is 19.1 Å². The van der Waals surface area contributed by atoms with Crippen LogP contribution >= 0.6 is 0 Å². The Hall–Kier alpha value is -2.89. The third-order valence-corrected chi connectivity index (χ3v) is 3.07. The van der Waals surface area contributed by atoms with E-state index in [1.807, 2.05) is 0 Å². The molecule has 24 heavy (non-hydrogen) atoms. The predicted octanol–water partition coefficient (Wildman–Crippen LogP) is 4.54. The summed E-state index contributed by atoms with van der Waals surface area (Å²) >= 11 is 0. The fraction of sp³-hybridized carbons (Fsp3) is 0.222. The summed E-state index contributed by atoms with van der Waals surface area (Å²) in [7, 11) is 0. The van der Waals surface area contributed by atoms with Crippen LogP contribution in [0.15, 0.2) is 42.5 Å². The van der Waals surface area contributed by atoms with E-state index in [1.165, 1.54) is 12.1 Å². The maximum Gasteiger partial charge on any atom is 0.412 e. The van der Waals surface area contributed by atoms with E-state index in [0.717, 1.165) is 6.07 Å². The summed E-state index contributed by atoms with van der Waals surface area (Å²) in [4.78, 5) is 23.0. The number of halogens is 1. The number of aromatic carboxylic acids is 1. The lowest BCUT2D eigenvalue weighted by atomic mass is 9.99. The van der Waals surface area contributed by atoms with E-state index in [-0.39, 0.29) is 11.1 Å². The molecule has 0 spiro atoms. The Bertz CT molecular complexity index is 764. The van der Waals surface area contributed by atoms with Crippen LogP contribution in [0.3, 0.4) is 0 Å². The summed E-state index contributed by atoms with van der Waals surface area (Å²) < 4.78 is 18.9. The minimum atomic E-state index is -1.33. The molecule has 2 aromatic rings. The lowest BCUT2D eigenvalue weighted by Crippen LogP contribution is -2.27. The van der Waals surface area contributed by atoms with E-state index >= 15 is 0 Å². The second-order valence-corrected chi connectivity index (χ2v) is 6.17. The number of rotatable bonds is 3. The predicted molar refractivity (Wildman–Crippen MR) is 88.7 cm³/mol. The number of hydrogen-bond donors (Lipinski definition) is 2. The van der Waals surface area contributed by atoms with Gasteiger partial charge in [-0.05, 0) is 50.1 Å². The second-order valence-electron chi connectivity index (χ2n) is 6.17. The maximum atomic E-state index is 13.7. The van der Waals surface area contributed by atoms with Gasteiger partial charge in [-0.1, -0.05) is 24.3 Å². The Labute approximate surface area is 139 Å². The number of nitrogens with one attached hydrogen (secondary N) is 1. The molecule has 2 rings (SSSR count). The average molecular weight is 331 g/mol. The molecule has 0 atom stereocenters. The molecule has 1 amide bonds. The van der Waals surface area contributed by atoms with Crippen LogP contribution in [0.5, 0.6) is 0 Å². The quantitative estimate of drug-likeness (QED) is 0.866. The molecule has 6 heteroatoms. The molecule has 0 unspecified atom stereocenters. The molecule has 5 nitrogen and oxygen atoms in total. The van der Waals surface area contributed by atoms with Crippen LogP contribution in [-0.4, -0.2) is 22.8 Å². The fourth-order valence-electron chi connectivity index (χ4n) is 2.14. The molecular weight excluding hydrogens is 313 g/mol. The highest BCUT2D eigenvalue weighted by molar-refractivity contribution is 5.96. The Morgan fingerprint density at radius 3 is 2.25 bits per heavy atom. The van der Waals surface area contributed by atoms with Crippen molar-refractivity contribution >= 4 is 17.7 Å². The van der Waals surface area contributed by atoms with Gasteiger partial charge in [-0.15, -0.1) is 0 Å². The monoisotopic (exact) mass is 331 g/mol. The first-order chi connectivity index (χ1) is 11.2. The number of amides is 1. The standard InChI is InChI=1S/C18H18FNO4/c1-18(2,3)24-17(23)20-12-9-7-11(8-10-12)13-5-4-6-14(19)15(13)16(21)22/h4-10H,1-3H3,(H,20,23)(H,21,22). The molecule has 0 aromatic heterocycles. The SMILES string of the molecule is CC(C)(C)OC(=O)Nc1ccc(-c2cccc(F)c2C(=O)O)cc1. The van der Waals surface area contributed by atoms with Crippen molar-refractivity contribution in [2.75, 3.05) is 5.32 Å². The van der Waals surface area contributed by atoms with Crippen LogP contribution in [0.4, 0.5) is 14.9 Å².